The third-order valence-corrected chi connectivity index (χ3v) is 2.56. The molecule has 0 bridgehead atoms. The predicted octanol–water partition coefficient (Wildman–Crippen LogP) is 0.843. The van der Waals surface area contributed by atoms with E-state index in [1.165, 1.54) is 14.1 Å². The molecule has 122 valence electrons. The second kappa shape index (κ2) is 12.0. The van der Waals surface area contributed by atoms with Gasteiger partial charge in [0.05, 0.1) is 0 Å². The summed E-state index contributed by atoms with van der Waals surface area (Å²) in [6.45, 7) is 2.04. The summed E-state index contributed by atoms with van der Waals surface area (Å²) in [6, 6.07) is 0. The van der Waals surface area contributed by atoms with Gasteiger partial charge in [0.15, 0.2) is 0 Å². The molecule has 0 saturated carbocycles. The quantitative estimate of drug-likeness (QED) is 0.580. The Balaban J connectivity index is 4.07. The molecule has 0 aromatic rings. The molecule has 0 aromatic heterocycles. The maximum absolute atomic E-state index is 11.2. The normalized spacial score (nSPS) is 10.1. The molecule has 0 fully saturated rings. The highest BCUT2D eigenvalue weighted by Crippen LogP contribution is 2.01. The zero-order chi connectivity index (χ0) is 16.1. The Hall–Kier alpha value is -1.83. The lowest BCUT2D eigenvalue weighted by Crippen LogP contribution is -2.33. The maximum atomic E-state index is 11.2. The van der Waals surface area contributed by atoms with E-state index in [1.54, 1.807) is 6.92 Å². The van der Waals surface area contributed by atoms with Crippen LogP contribution in [-0.2, 0) is 19.0 Å². The fourth-order valence-corrected chi connectivity index (χ4v) is 1.32. The highest BCUT2D eigenvalue weighted by atomic mass is 16.6. The van der Waals surface area contributed by atoms with E-state index in [0.29, 0.717) is 25.9 Å². The molecule has 2 amide bonds. The van der Waals surface area contributed by atoms with Crippen LogP contribution < -0.4 is 10.6 Å². The zero-order valence-corrected chi connectivity index (χ0v) is 12.8. The number of carbonyl (C=O) groups excluding carboxylic acids is 3. The van der Waals surface area contributed by atoms with Crippen molar-refractivity contribution in [1.29, 1.82) is 0 Å². The van der Waals surface area contributed by atoms with Crippen LogP contribution in [0.4, 0.5) is 9.59 Å². The molecule has 8 nitrogen and oxygen atoms in total. The van der Waals surface area contributed by atoms with Gasteiger partial charge in [0, 0.05) is 33.5 Å². The van der Waals surface area contributed by atoms with E-state index < -0.39 is 18.3 Å². The minimum atomic E-state index is -0.593. The van der Waals surface area contributed by atoms with E-state index in [2.05, 4.69) is 10.6 Å². The van der Waals surface area contributed by atoms with Crippen molar-refractivity contribution in [1.82, 2.24) is 10.6 Å². The Morgan fingerprint density at radius 1 is 1.00 bits per heavy atom. The topological polar surface area (TPSA) is 103 Å². The first-order chi connectivity index (χ1) is 10.0. The van der Waals surface area contributed by atoms with Crippen LogP contribution in [0.5, 0.6) is 0 Å². The van der Waals surface area contributed by atoms with Gasteiger partial charge in [-0.05, 0) is 6.42 Å². The number of rotatable bonds is 10. The van der Waals surface area contributed by atoms with Crippen LogP contribution in [0.1, 0.15) is 26.2 Å². The Kier molecular flexibility index (Phi) is 10.9. The molecular formula is C13H24N2O6. The van der Waals surface area contributed by atoms with Crippen molar-refractivity contribution in [3.05, 3.63) is 0 Å². The summed E-state index contributed by atoms with van der Waals surface area (Å²) in [5.41, 5.74) is 0. The van der Waals surface area contributed by atoms with E-state index in [-0.39, 0.29) is 19.0 Å². The van der Waals surface area contributed by atoms with Crippen molar-refractivity contribution in [2.24, 2.45) is 0 Å². The molecular weight excluding hydrogens is 280 g/mol. The number of ether oxygens (including phenoxy) is 3. The minimum Gasteiger partial charge on any atom is -0.447 e. The van der Waals surface area contributed by atoms with E-state index in [4.69, 9.17) is 14.2 Å². The number of hydrogen-bond donors (Lipinski definition) is 2. The Morgan fingerprint density at radius 2 is 1.52 bits per heavy atom. The van der Waals surface area contributed by atoms with Crippen molar-refractivity contribution >= 4 is 18.0 Å². The molecule has 0 aliphatic heterocycles. The molecule has 0 aliphatic rings. The monoisotopic (exact) mass is 304 g/mol. The van der Waals surface area contributed by atoms with Crippen molar-refractivity contribution in [2.45, 2.75) is 32.3 Å². The number of amides is 2. The molecule has 0 radical (unpaired) electrons. The van der Waals surface area contributed by atoms with Gasteiger partial charge in [-0.3, -0.25) is 4.79 Å². The number of ketones is 1. The number of hydrogen-bond acceptors (Lipinski definition) is 6. The van der Waals surface area contributed by atoms with Gasteiger partial charge < -0.3 is 24.8 Å². The lowest BCUT2D eigenvalue weighted by Gasteiger charge is -2.17. The van der Waals surface area contributed by atoms with Crippen LogP contribution in [0.2, 0.25) is 0 Å². The fraction of sp³-hybridized carbons (Fsp3) is 0.769. The van der Waals surface area contributed by atoms with Crippen LogP contribution in [0, 0.1) is 0 Å². The first kappa shape index (κ1) is 19.2. The molecule has 21 heavy (non-hydrogen) atoms. The molecule has 0 aromatic carbocycles. The van der Waals surface area contributed by atoms with Crippen LogP contribution in [0.25, 0.3) is 0 Å². The Morgan fingerprint density at radius 3 is 1.95 bits per heavy atom. The summed E-state index contributed by atoms with van der Waals surface area (Å²) in [7, 11) is 2.88. The van der Waals surface area contributed by atoms with Gasteiger partial charge in [0.1, 0.15) is 25.1 Å². The number of Topliss-reactive ketones (excluding diaryl/α,β-unsaturated/α-hetero) is 1. The minimum absolute atomic E-state index is 0.0433. The summed E-state index contributed by atoms with van der Waals surface area (Å²) in [5.74, 6) is 0.165. The average molecular weight is 304 g/mol. The zero-order valence-electron chi connectivity index (χ0n) is 12.8. The Bertz CT molecular complexity index is 315. The second-order valence-electron chi connectivity index (χ2n) is 4.19. The van der Waals surface area contributed by atoms with Gasteiger partial charge in [-0.2, -0.15) is 0 Å². The lowest BCUT2D eigenvalue weighted by atomic mass is 10.2. The summed E-state index contributed by atoms with van der Waals surface area (Å²) >= 11 is 0. The molecule has 0 atom stereocenters. The highest BCUT2D eigenvalue weighted by molar-refractivity contribution is 5.77. The van der Waals surface area contributed by atoms with Gasteiger partial charge in [-0.1, -0.05) is 6.92 Å². The SMILES string of the molecule is CCC(=O)CCCOC(COC(=O)NC)COC(=O)NC. The van der Waals surface area contributed by atoms with Crippen molar-refractivity contribution in [2.75, 3.05) is 33.9 Å². The molecule has 0 aliphatic carbocycles. The fourth-order valence-electron chi connectivity index (χ4n) is 1.32. The first-order valence-corrected chi connectivity index (χ1v) is 6.85. The molecule has 0 unspecified atom stereocenters. The lowest BCUT2D eigenvalue weighted by molar-refractivity contribution is -0.119. The van der Waals surface area contributed by atoms with E-state index in [1.807, 2.05) is 0 Å². The summed E-state index contributed by atoms with van der Waals surface area (Å²) in [4.78, 5) is 33.2. The number of nitrogens with one attached hydrogen (secondary N) is 2. The molecule has 0 rings (SSSR count). The average Bonchev–Trinajstić information content (AvgIpc) is 2.51. The standard InChI is InChI=1S/C13H24N2O6/c1-4-10(16)6-5-7-19-11(8-20-12(17)14-2)9-21-13(18)15-3/h11H,4-9H2,1-3H3,(H,14,17)(H,15,18). The van der Waals surface area contributed by atoms with Crippen LogP contribution in [0.3, 0.4) is 0 Å². The summed E-state index contributed by atoms with van der Waals surface area (Å²) in [5, 5.41) is 4.61. The van der Waals surface area contributed by atoms with Crippen molar-refractivity contribution in [3.63, 3.8) is 0 Å². The van der Waals surface area contributed by atoms with Gasteiger partial charge in [-0.15, -0.1) is 0 Å². The highest BCUT2D eigenvalue weighted by Gasteiger charge is 2.15. The van der Waals surface area contributed by atoms with Gasteiger partial charge >= 0.3 is 12.2 Å². The number of carbonyl (C=O) groups is 3. The van der Waals surface area contributed by atoms with Gasteiger partial charge in [0.25, 0.3) is 0 Å². The largest absolute Gasteiger partial charge is 0.447 e. The van der Waals surface area contributed by atoms with Gasteiger partial charge in [0.2, 0.25) is 0 Å². The van der Waals surface area contributed by atoms with Gasteiger partial charge in [-0.25, -0.2) is 9.59 Å². The maximum Gasteiger partial charge on any atom is 0.406 e. The predicted molar refractivity (Wildman–Crippen MR) is 75.1 cm³/mol. The third-order valence-electron chi connectivity index (χ3n) is 2.56. The Labute approximate surface area is 124 Å². The van der Waals surface area contributed by atoms with Crippen molar-refractivity contribution < 1.29 is 28.6 Å². The van der Waals surface area contributed by atoms with E-state index in [0.717, 1.165) is 0 Å². The van der Waals surface area contributed by atoms with E-state index >= 15 is 0 Å². The molecule has 0 saturated heterocycles. The van der Waals surface area contributed by atoms with Crippen LogP contribution >= 0.6 is 0 Å². The van der Waals surface area contributed by atoms with Crippen molar-refractivity contribution in [3.8, 4) is 0 Å². The van der Waals surface area contributed by atoms with Crippen LogP contribution in [0.15, 0.2) is 0 Å². The van der Waals surface area contributed by atoms with Crippen LogP contribution in [-0.4, -0.2) is 58.0 Å². The summed E-state index contributed by atoms with van der Waals surface area (Å²) < 4.78 is 15.2. The molecule has 8 heteroatoms. The second-order valence-corrected chi connectivity index (χ2v) is 4.19. The van der Waals surface area contributed by atoms with E-state index in [9.17, 15) is 14.4 Å². The third kappa shape index (κ3) is 10.6. The molecule has 0 heterocycles. The molecule has 2 N–H and O–H groups in total. The first-order valence-electron chi connectivity index (χ1n) is 6.85. The molecule has 0 spiro atoms. The number of alkyl carbamates (subject to hydrolysis) is 2. The smallest absolute Gasteiger partial charge is 0.406 e. The summed E-state index contributed by atoms with van der Waals surface area (Å²) in [6.07, 6.45) is -0.243.